The molecule has 2 saturated heterocycles. The van der Waals surface area contributed by atoms with Crippen LogP contribution in [0.25, 0.3) is 28.1 Å². The van der Waals surface area contributed by atoms with Crippen LogP contribution in [0, 0.1) is 11.7 Å². The lowest BCUT2D eigenvalue weighted by molar-refractivity contribution is -0.115. The number of carbonyl (C=O) groups excluding carboxylic acids is 2. The molecule has 11 heteroatoms. The Morgan fingerprint density at radius 3 is 2.80 bits per heavy atom. The molecule has 1 aromatic carbocycles. The maximum atomic E-state index is 14.5. The summed E-state index contributed by atoms with van der Waals surface area (Å²) in [7, 11) is 0. The molecule has 2 aliphatic heterocycles. The fraction of sp³-hybridized carbons (Fsp3) is 0.241. The zero-order valence-corrected chi connectivity index (χ0v) is 22.3. The molecular formula is C29H26FN7O2S. The Morgan fingerprint density at radius 2 is 1.98 bits per heavy atom. The summed E-state index contributed by atoms with van der Waals surface area (Å²) >= 11 is 0.870. The number of amides is 2. The Balaban J connectivity index is 1.04. The number of piperidine rings is 1. The van der Waals surface area contributed by atoms with Crippen LogP contribution < -0.4 is 15.5 Å². The summed E-state index contributed by atoms with van der Waals surface area (Å²) in [6.07, 6.45) is 8.72. The Hall–Kier alpha value is -4.22. The van der Waals surface area contributed by atoms with Gasteiger partial charge in [-0.3, -0.25) is 24.9 Å². The topological polar surface area (TPSA) is 113 Å². The van der Waals surface area contributed by atoms with E-state index in [4.69, 9.17) is 4.98 Å². The lowest BCUT2D eigenvalue weighted by Crippen LogP contribution is -2.38. The van der Waals surface area contributed by atoms with Crippen molar-refractivity contribution in [3.05, 3.63) is 83.2 Å². The van der Waals surface area contributed by atoms with Crippen molar-refractivity contribution >= 4 is 45.7 Å². The molecule has 0 atom stereocenters. The number of rotatable bonds is 7. The number of carbonyl (C=O) groups is 2. The number of nitrogens with zero attached hydrogens (tertiary/aromatic N) is 5. The third kappa shape index (κ3) is 5.85. The molecule has 3 aromatic heterocycles. The van der Waals surface area contributed by atoms with E-state index in [0.717, 1.165) is 60.6 Å². The summed E-state index contributed by atoms with van der Waals surface area (Å²) in [4.78, 5) is 43.6. The number of aromatic nitrogens is 4. The van der Waals surface area contributed by atoms with E-state index in [2.05, 4.69) is 30.5 Å². The second-order valence-electron chi connectivity index (χ2n) is 9.76. The minimum absolute atomic E-state index is 0.308. The highest BCUT2D eigenvalue weighted by Crippen LogP contribution is 2.28. The van der Waals surface area contributed by atoms with Gasteiger partial charge >= 0.3 is 0 Å². The van der Waals surface area contributed by atoms with Crippen LogP contribution in [0.4, 0.5) is 15.1 Å². The molecule has 0 unspecified atom stereocenters. The number of thioether (sulfide) groups is 1. The van der Waals surface area contributed by atoms with E-state index in [1.807, 2.05) is 24.3 Å². The van der Waals surface area contributed by atoms with E-state index in [0.29, 0.717) is 40.4 Å². The molecule has 0 saturated carbocycles. The maximum Gasteiger partial charge on any atom is 0.290 e. The van der Waals surface area contributed by atoms with Crippen molar-refractivity contribution in [3.8, 4) is 11.3 Å². The zero-order chi connectivity index (χ0) is 27.5. The Kier molecular flexibility index (Phi) is 7.47. The molecule has 0 spiro atoms. The molecule has 9 nitrogen and oxygen atoms in total. The van der Waals surface area contributed by atoms with Crippen molar-refractivity contribution in [3.63, 3.8) is 0 Å². The second kappa shape index (κ2) is 11.5. The van der Waals surface area contributed by atoms with Crippen LogP contribution in [0.2, 0.25) is 0 Å². The average Bonchev–Trinajstić information content (AvgIpc) is 3.28. The van der Waals surface area contributed by atoms with Crippen molar-refractivity contribution in [2.24, 2.45) is 5.92 Å². The first-order chi connectivity index (χ1) is 19.5. The van der Waals surface area contributed by atoms with Gasteiger partial charge < -0.3 is 10.2 Å². The van der Waals surface area contributed by atoms with Gasteiger partial charge in [0.1, 0.15) is 5.82 Å². The molecule has 5 heterocycles. The van der Waals surface area contributed by atoms with Gasteiger partial charge in [-0.05, 0) is 66.7 Å². The van der Waals surface area contributed by atoms with Crippen molar-refractivity contribution < 1.29 is 14.0 Å². The molecule has 2 fully saturated rings. The zero-order valence-electron chi connectivity index (χ0n) is 21.5. The van der Waals surface area contributed by atoms with Gasteiger partial charge in [0, 0.05) is 55.2 Å². The van der Waals surface area contributed by atoms with E-state index >= 15 is 0 Å². The summed E-state index contributed by atoms with van der Waals surface area (Å²) < 4.78 is 14.5. The molecule has 202 valence electrons. The van der Waals surface area contributed by atoms with Gasteiger partial charge in [-0.1, -0.05) is 18.2 Å². The van der Waals surface area contributed by atoms with E-state index in [1.165, 1.54) is 12.1 Å². The number of anilines is 1. The fourth-order valence-corrected chi connectivity index (χ4v) is 5.68. The molecule has 2 N–H and O–H groups in total. The minimum atomic E-state index is -0.403. The van der Waals surface area contributed by atoms with Gasteiger partial charge in [-0.25, -0.2) is 14.4 Å². The second-order valence-corrected chi connectivity index (χ2v) is 10.8. The summed E-state index contributed by atoms with van der Waals surface area (Å²) in [6, 6.07) is 12.5. The van der Waals surface area contributed by atoms with Crippen molar-refractivity contribution in [1.29, 1.82) is 0 Å². The Bertz CT molecular complexity index is 1620. The number of pyridine rings is 2. The lowest BCUT2D eigenvalue weighted by Gasteiger charge is -2.32. The summed E-state index contributed by atoms with van der Waals surface area (Å²) in [6.45, 7) is 2.89. The predicted octanol–water partition coefficient (Wildman–Crippen LogP) is 4.56. The molecule has 40 heavy (non-hydrogen) atoms. The molecule has 0 radical (unpaired) electrons. The fourth-order valence-electron chi connectivity index (χ4n) is 5.02. The Labute approximate surface area is 234 Å². The van der Waals surface area contributed by atoms with Gasteiger partial charge in [0.2, 0.25) is 5.95 Å². The molecule has 6 rings (SSSR count). The van der Waals surface area contributed by atoms with Gasteiger partial charge in [0.15, 0.2) is 0 Å². The van der Waals surface area contributed by atoms with Crippen molar-refractivity contribution in [2.75, 3.05) is 24.5 Å². The Morgan fingerprint density at radius 1 is 1.10 bits per heavy atom. The molecular weight excluding hydrogens is 529 g/mol. The van der Waals surface area contributed by atoms with E-state index in [-0.39, 0.29) is 11.1 Å². The van der Waals surface area contributed by atoms with Crippen LogP contribution in [-0.4, -0.2) is 50.7 Å². The standard InChI is InChI=1S/C29H26FN7O2S/c30-20-12-22(34-25(13-20)24-3-1-2-19-16-31-8-5-23(19)24)17-32-15-18-6-10-37(11-7-18)28-33-9-4-21(35-28)14-26-27(38)36-29(39)40-26/h1-5,8-9,12-14,16,18,32H,6-7,10-11,15,17H2,(H,36,38,39). The third-order valence-electron chi connectivity index (χ3n) is 7.02. The van der Waals surface area contributed by atoms with Crippen LogP contribution in [0.15, 0.2) is 66.0 Å². The number of hydrogen-bond acceptors (Lipinski definition) is 9. The van der Waals surface area contributed by atoms with E-state index in [1.54, 1.807) is 30.7 Å². The number of fused-ring (bicyclic) bond motifs is 1. The lowest BCUT2D eigenvalue weighted by atomic mass is 9.97. The first-order valence-electron chi connectivity index (χ1n) is 13.0. The van der Waals surface area contributed by atoms with Gasteiger partial charge in [-0.15, -0.1) is 0 Å². The number of hydrogen-bond donors (Lipinski definition) is 2. The number of imide groups is 1. The van der Waals surface area contributed by atoms with Crippen molar-refractivity contribution in [1.82, 2.24) is 30.6 Å². The maximum absolute atomic E-state index is 14.5. The van der Waals surface area contributed by atoms with Crippen molar-refractivity contribution in [2.45, 2.75) is 19.4 Å². The molecule has 4 aromatic rings. The van der Waals surface area contributed by atoms with Crippen LogP contribution in [-0.2, 0) is 11.3 Å². The van der Waals surface area contributed by atoms with Gasteiger partial charge in [0.05, 0.1) is 22.0 Å². The summed E-state index contributed by atoms with van der Waals surface area (Å²) in [5, 5.41) is 7.31. The highest BCUT2D eigenvalue weighted by atomic mass is 32.2. The summed E-state index contributed by atoms with van der Waals surface area (Å²) in [5.74, 6) is 0.359. The predicted molar refractivity (Wildman–Crippen MR) is 153 cm³/mol. The third-order valence-corrected chi connectivity index (χ3v) is 7.83. The number of nitrogens with one attached hydrogen (secondary N) is 2. The first kappa shape index (κ1) is 26.0. The van der Waals surface area contributed by atoms with E-state index < -0.39 is 5.91 Å². The smallest absolute Gasteiger partial charge is 0.290 e. The number of halogens is 1. The molecule has 2 aliphatic rings. The largest absolute Gasteiger partial charge is 0.341 e. The average molecular weight is 556 g/mol. The van der Waals surface area contributed by atoms with Gasteiger partial charge in [0.25, 0.3) is 11.1 Å². The SMILES string of the molecule is O=C1NC(=O)C(=Cc2ccnc(N3CCC(CNCc4cc(F)cc(-c5cccc6cnccc56)n4)CC3)n2)S1. The summed E-state index contributed by atoms with van der Waals surface area (Å²) in [5.41, 5.74) is 2.74. The minimum Gasteiger partial charge on any atom is -0.341 e. The normalized spacial score (nSPS) is 17.1. The van der Waals surface area contributed by atoms with Crippen LogP contribution in [0.3, 0.4) is 0 Å². The van der Waals surface area contributed by atoms with Crippen LogP contribution >= 0.6 is 11.8 Å². The quantitative estimate of drug-likeness (QED) is 0.317. The van der Waals surface area contributed by atoms with Gasteiger partial charge in [-0.2, -0.15) is 0 Å². The molecule has 0 bridgehead atoms. The van der Waals surface area contributed by atoms with Crippen LogP contribution in [0.5, 0.6) is 0 Å². The number of benzene rings is 1. The molecule has 0 aliphatic carbocycles. The first-order valence-corrected chi connectivity index (χ1v) is 13.9. The highest BCUT2D eigenvalue weighted by Gasteiger charge is 2.26. The molecule has 2 amide bonds. The highest BCUT2D eigenvalue weighted by molar-refractivity contribution is 8.18. The van der Waals surface area contributed by atoms with Crippen LogP contribution in [0.1, 0.15) is 24.2 Å². The monoisotopic (exact) mass is 555 g/mol. The van der Waals surface area contributed by atoms with E-state index in [9.17, 15) is 14.0 Å².